The normalized spacial score (nSPS) is 11.8. The van der Waals surface area contributed by atoms with Crippen LogP contribution in [0.4, 0.5) is 0 Å². The summed E-state index contributed by atoms with van der Waals surface area (Å²) in [4.78, 5) is 4.14. The molecule has 1 N–H and O–H groups in total. The number of nitrogens with one attached hydrogen (secondary N) is 1. The number of hydrogen-bond donors (Lipinski definition) is 1. The highest BCUT2D eigenvalue weighted by molar-refractivity contribution is 7.89. The summed E-state index contributed by atoms with van der Waals surface area (Å²) < 4.78 is 37.0. The highest BCUT2D eigenvalue weighted by atomic mass is 32.2. The Morgan fingerprint density at radius 3 is 2.57 bits per heavy atom. The minimum absolute atomic E-state index is 0.0491. The van der Waals surface area contributed by atoms with Gasteiger partial charge in [-0.1, -0.05) is 0 Å². The monoisotopic (exact) mass is 310 g/mol. The number of ether oxygens (including phenoxy) is 1. The third-order valence-corrected chi connectivity index (χ3v) is 4.14. The largest absolute Gasteiger partial charge is 0.491 e. The van der Waals surface area contributed by atoms with Crippen molar-refractivity contribution in [2.75, 3.05) is 6.54 Å². The average Bonchev–Trinajstić information content (AvgIpc) is 2.91. The Balaban J connectivity index is 1.95. The molecule has 0 atom stereocenters. The maximum atomic E-state index is 12.1. The number of sulfonamides is 1. The molecule has 0 amide bonds. The first-order valence-corrected chi connectivity index (χ1v) is 8.09. The van der Waals surface area contributed by atoms with Gasteiger partial charge in [-0.2, -0.15) is 0 Å². The third kappa shape index (κ3) is 4.57. The van der Waals surface area contributed by atoms with Gasteiger partial charge in [0, 0.05) is 13.0 Å². The van der Waals surface area contributed by atoms with Crippen LogP contribution in [-0.2, 0) is 16.4 Å². The van der Waals surface area contributed by atoms with Crippen molar-refractivity contribution in [3.8, 4) is 5.75 Å². The van der Waals surface area contributed by atoms with Crippen molar-refractivity contribution < 1.29 is 17.6 Å². The minimum atomic E-state index is -3.52. The van der Waals surface area contributed by atoms with E-state index in [1.807, 2.05) is 13.8 Å². The summed E-state index contributed by atoms with van der Waals surface area (Å²) in [6.07, 6.45) is 3.33. The van der Waals surface area contributed by atoms with E-state index in [2.05, 4.69) is 9.71 Å². The van der Waals surface area contributed by atoms with Gasteiger partial charge >= 0.3 is 0 Å². The molecule has 0 bridgehead atoms. The van der Waals surface area contributed by atoms with Crippen molar-refractivity contribution in [3.05, 3.63) is 42.6 Å². The first-order chi connectivity index (χ1) is 9.97. The molecule has 0 saturated heterocycles. The van der Waals surface area contributed by atoms with E-state index < -0.39 is 10.0 Å². The van der Waals surface area contributed by atoms with Crippen LogP contribution in [-0.4, -0.2) is 26.1 Å². The van der Waals surface area contributed by atoms with Crippen LogP contribution in [0.2, 0.25) is 0 Å². The highest BCUT2D eigenvalue weighted by Crippen LogP contribution is 2.17. The molecule has 21 heavy (non-hydrogen) atoms. The molecule has 2 rings (SSSR count). The lowest BCUT2D eigenvalue weighted by Gasteiger charge is -2.10. The molecule has 2 aromatic rings. The van der Waals surface area contributed by atoms with Gasteiger partial charge in [-0.15, -0.1) is 0 Å². The Hall–Kier alpha value is -1.86. The first-order valence-electron chi connectivity index (χ1n) is 6.61. The van der Waals surface area contributed by atoms with Gasteiger partial charge in [-0.05, 0) is 38.1 Å². The molecule has 0 aliphatic heterocycles. The van der Waals surface area contributed by atoms with Crippen LogP contribution >= 0.6 is 0 Å². The fourth-order valence-electron chi connectivity index (χ4n) is 1.73. The van der Waals surface area contributed by atoms with Crippen molar-refractivity contribution >= 4 is 10.0 Å². The molecule has 6 nitrogen and oxygen atoms in total. The van der Waals surface area contributed by atoms with Crippen LogP contribution in [0, 0.1) is 0 Å². The number of rotatable bonds is 7. The van der Waals surface area contributed by atoms with Gasteiger partial charge in [0.2, 0.25) is 10.0 Å². The Kier molecular flexibility index (Phi) is 4.98. The van der Waals surface area contributed by atoms with E-state index >= 15 is 0 Å². The zero-order valence-corrected chi connectivity index (χ0v) is 12.8. The summed E-state index contributed by atoms with van der Waals surface area (Å²) in [6, 6.07) is 6.34. The Labute approximate surface area is 124 Å². The lowest BCUT2D eigenvalue weighted by Crippen LogP contribution is -2.26. The summed E-state index contributed by atoms with van der Waals surface area (Å²) in [5.41, 5.74) is 0.707. The fraction of sp³-hybridized carbons (Fsp3) is 0.357. The van der Waals surface area contributed by atoms with E-state index in [-0.39, 0.29) is 17.5 Å². The number of aromatic nitrogens is 1. The second-order valence-corrected chi connectivity index (χ2v) is 6.53. The lowest BCUT2D eigenvalue weighted by atomic mass is 10.3. The van der Waals surface area contributed by atoms with Crippen LogP contribution in [0.1, 0.15) is 19.5 Å². The van der Waals surface area contributed by atoms with Crippen LogP contribution in [0.3, 0.4) is 0 Å². The quantitative estimate of drug-likeness (QED) is 0.845. The Bertz CT molecular complexity index is 649. The first kappa shape index (κ1) is 15.5. The van der Waals surface area contributed by atoms with Crippen LogP contribution in [0.5, 0.6) is 5.75 Å². The number of nitrogens with zero attached hydrogens (tertiary/aromatic N) is 1. The fourth-order valence-corrected chi connectivity index (χ4v) is 2.76. The molecule has 0 radical (unpaired) electrons. The summed E-state index contributed by atoms with van der Waals surface area (Å²) in [5.74, 6) is 0.645. The smallest absolute Gasteiger partial charge is 0.240 e. The Morgan fingerprint density at radius 2 is 2.00 bits per heavy atom. The second-order valence-electron chi connectivity index (χ2n) is 4.77. The third-order valence-electron chi connectivity index (χ3n) is 2.66. The topological polar surface area (TPSA) is 81.4 Å². The van der Waals surface area contributed by atoms with Crippen LogP contribution in [0.15, 0.2) is 46.2 Å². The highest BCUT2D eigenvalue weighted by Gasteiger charge is 2.13. The molecule has 0 saturated carbocycles. The molecular weight excluding hydrogens is 292 g/mol. The van der Waals surface area contributed by atoms with Gasteiger partial charge in [-0.3, -0.25) is 0 Å². The van der Waals surface area contributed by atoms with Crippen molar-refractivity contribution in [2.45, 2.75) is 31.3 Å². The van der Waals surface area contributed by atoms with E-state index in [1.54, 1.807) is 12.1 Å². The number of oxazole rings is 1. The van der Waals surface area contributed by atoms with E-state index in [1.165, 1.54) is 24.8 Å². The minimum Gasteiger partial charge on any atom is -0.491 e. The van der Waals surface area contributed by atoms with Crippen molar-refractivity contribution in [3.63, 3.8) is 0 Å². The van der Waals surface area contributed by atoms with Gasteiger partial charge in [0.05, 0.1) is 16.7 Å². The van der Waals surface area contributed by atoms with Gasteiger partial charge in [0.25, 0.3) is 0 Å². The van der Waals surface area contributed by atoms with E-state index in [0.717, 1.165) is 0 Å². The summed E-state index contributed by atoms with van der Waals surface area (Å²) in [7, 11) is -3.52. The SMILES string of the molecule is CC(C)Oc1ccc(S(=O)(=O)NCCc2cocn2)cc1. The lowest BCUT2D eigenvalue weighted by molar-refractivity contribution is 0.242. The molecule has 1 aromatic heterocycles. The zero-order chi connectivity index (χ0) is 15.3. The second kappa shape index (κ2) is 6.73. The molecule has 7 heteroatoms. The molecule has 0 spiro atoms. The van der Waals surface area contributed by atoms with E-state index in [4.69, 9.17) is 9.15 Å². The molecular formula is C14H18N2O4S. The summed E-state index contributed by atoms with van der Waals surface area (Å²) in [5, 5.41) is 0. The van der Waals surface area contributed by atoms with Crippen molar-refractivity contribution in [1.82, 2.24) is 9.71 Å². The van der Waals surface area contributed by atoms with E-state index in [9.17, 15) is 8.42 Å². The van der Waals surface area contributed by atoms with Gasteiger partial charge in [-0.25, -0.2) is 18.1 Å². The molecule has 0 aliphatic rings. The summed E-state index contributed by atoms with van der Waals surface area (Å²) in [6.45, 7) is 4.09. The zero-order valence-electron chi connectivity index (χ0n) is 11.9. The Morgan fingerprint density at radius 1 is 1.29 bits per heavy atom. The van der Waals surface area contributed by atoms with Crippen LogP contribution in [0.25, 0.3) is 0 Å². The maximum Gasteiger partial charge on any atom is 0.240 e. The van der Waals surface area contributed by atoms with Crippen LogP contribution < -0.4 is 9.46 Å². The average molecular weight is 310 g/mol. The summed E-state index contributed by atoms with van der Waals surface area (Å²) >= 11 is 0. The van der Waals surface area contributed by atoms with Gasteiger partial charge in [0.15, 0.2) is 6.39 Å². The van der Waals surface area contributed by atoms with Gasteiger partial charge in [0.1, 0.15) is 12.0 Å². The van der Waals surface area contributed by atoms with Gasteiger partial charge < -0.3 is 9.15 Å². The number of hydrogen-bond acceptors (Lipinski definition) is 5. The predicted molar refractivity (Wildman–Crippen MR) is 77.6 cm³/mol. The maximum absolute atomic E-state index is 12.1. The molecule has 1 heterocycles. The number of benzene rings is 1. The van der Waals surface area contributed by atoms with Crippen molar-refractivity contribution in [1.29, 1.82) is 0 Å². The molecule has 0 aliphatic carbocycles. The molecule has 0 unspecified atom stereocenters. The predicted octanol–water partition coefficient (Wildman–Crippen LogP) is 1.98. The molecule has 114 valence electrons. The molecule has 0 fully saturated rings. The van der Waals surface area contributed by atoms with E-state index in [0.29, 0.717) is 17.9 Å². The molecule has 1 aromatic carbocycles. The standard InChI is InChI=1S/C14H18N2O4S/c1-11(2)20-13-3-5-14(6-4-13)21(17,18)16-8-7-12-9-19-10-15-12/h3-6,9-11,16H,7-8H2,1-2H3. The van der Waals surface area contributed by atoms with Crippen molar-refractivity contribution in [2.24, 2.45) is 0 Å².